The van der Waals surface area contributed by atoms with Gasteiger partial charge in [0.1, 0.15) is 16.7 Å². The summed E-state index contributed by atoms with van der Waals surface area (Å²) in [5.41, 5.74) is 1.30. The maximum absolute atomic E-state index is 13.3. The molecule has 4 nitrogen and oxygen atoms in total. The number of benzene rings is 2. The predicted molar refractivity (Wildman–Crippen MR) is 102 cm³/mol. The first kappa shape index (κ1) is 19.9. The van der Waals surface area contributed by atoms with E-state index in [0.717, 1.165) is 5.39 Å². The van der Waals surface area contributed by atoms with E-state index in [2.05, 4.69) is 4.98 Å². The maximum atomic E-state index is 13.3. The van der Waals surface area contributed by atoms with Gasteiger partial charge in [-0.25, -0.2) is 14.2 Å². The van der Waals surface area contributed by atoms with E-state index in [9.17, 15) is 9.18 Å². The van der Waals surface area contributed by atoms with Crippen LogP contribution in [0.3, 0.4) is 0 Å². The van der Waals surface area contributed by atoms with Gasteiger partial charge in [0.15, 0.2) is 6.61 Å². The molecule has 0 spiro atoms. The molecule has 0 fully saturated rings. The highest BCUT2D eigenvalue weighted by atomic mass is 35.5. The van der Waals surface area contributed by atoms with Crippen LogP contribution in [0.15, 0.2) is 42.6 Å². The molecule has 0 atom stereocenters. The number of carboxylic acid groups (broad SMARTS) is 1. The minimum absolute atomic E-state index is 0.243. The van der Waals surface area contributed by atoms with Gasteiger partial charge in [-0.2, -0.15) is 0 Å². The summed E-state index contributed by atoms with van der Waals surface area (Å²) in [5.74, 6) is -1.15. The number of hydrogen-bond donors (Lipinski definition) is 1. The molecule has 3 rings (SSSR count). The third kappa shape index (κ3) is 4.42. The van der Waals surface area contributed by atoms with Gasteiger partial charge in [0.25, 0.3) is 0 Å². The van der Waals surface area contributed by atoms with Crippen LogP contribution in [-0.4, -0.2) is 22.7 Å². The Labute approximate surface area is 160 Å². The zero-order valence-corrected chi connectivity index (χ0v) is 15.6. The highest BCUT2D eigenvalue weighted by molar-refractivity contribution is 6.36. The molecule has 3 aromatic rings. The number of nitrogens with zero attached hydrogens (tertiary/aromatic N) is 1. The lowest BCUT2D eigenvalue weighted by molar-refractivity contribution is -0.139. The molecule has 0 aliphatic heterocycles. The van der Waals surface area contributed by atoms with Crippen molar-refractivity contribution in [1.82, 2.24) is 4.98 Å². The van der Waals surface area contributed by atoms with Gasteiger partial charge in [0.05, 0.1) is 5.02 Å². The van der Waals surface area contributed by atoms with Crippen LogP contribution in [0.25, 0.3) is 21.9 Å². The number of rotatable bonds is 4. The number of fused-ring (bicyclic) bond motifs is 1. The van der Waals surface area contributed by atoms with E-state index in [0.29, 0.717) is 22.3 Å². The van der Waals surface area contributed by atoms with Crippen molar-refractivity contribution in [1.29, 1.82) is 0 Å². The monoisotopic (exact) mass is 395 g/mol. The van der Waals surface area contributed by atoms with Crippen LogP contribution in [0.5, 0.6) is 5.75 Å². The molecule has 0 aliphatic rings. The average Bonchev–Trinajstić information content (AvgIpc) is 2.63. The van der Waals surface area contributed by atoms with Crippen molar-refractivity contribution in [3.8, 4) is 16.9 Å². The van der Waals surface area contributed by atoms with Crippen molar-refractivity contribution < 1.29 is 19.0 Å². The molecule has 1 N–H and O–H groups in total. The lowest BCUT2D eigenvalue weighted by Crippen LogP contribution is -2.09. The van der Waals surface area contributed by atoms with Crippen LogP contribution in [0.4, 0.5) is 4.39 Å². The van der Waals surface area contributed by atoms with Gasteiger partial charge in [-0.05, 0) is 41.8 Å². The highest BCUT2D eigenvalue weighted by Gasteiger charge is 2.13. The number of carboxylic acids is 1. The lowest BCUT2D eigenvalue weighted by atomic mass is 10.0. The Bertz CT molecular complexity index is 947. The molecular weight excluding hydrogens is 380 g/mol. The Balaban J connectivity index is 0.00000117. The Morgan fingerprint density at radius 3 is 2.50 bits per heavy atom. The molecule has 0 bridgehead atoms. The Morgan fingerprint density at radius 2 is 1.85 bits per heavy atom. The largest absolute Gasteiger partial charge is 0.482 e. The second-order valence-corrected chi connectivity index (χ2v) is 5.74. The van der Waals surface area contributed by atoms with Gasteiger partial charge in [0.2, 0.25) is 0 Å². The Kier molecular flexibility index (Phi) is 6.77. The highest BCUT2D eigenvalue weighted by Crippen LogP contribution is 2.36. The summed E-state index contributed by atoms with van der Waals surface area (Å²) in [6, 6.07) is 9.07. The normalized spacial score (nSPS) is 10.2. The summed E-state index contributed by atoms with van der Waals surface area (Å²) < 4.78 is 18.4. The third-order valence-corrected chi connectivity index (χ3v) is 4.01. The number of halogens is 3. The lowest BCUT2D eigenvalue weighted by Gasteiger charge is -2.11. The number of ether oxygens (including phenoxy) is 1. The molecule has 0 unspecified atom stereocenters. The minimum Gasteiger partial charge on any atom is -0.482 e. The summed E-state index contributed by atoms with van der Waals surface area (Å²) >= 11 is 12.3. The van der Waals surface area contributed by atoms with Gasteiger partial charge in [0, 0.05) is 22.7 Å². The number of aromatic nitrogens is 1. The first-order valence-electron chi connectivity index (χ1n) is 7.84. The Hall–Kier alpha value is -2.37. The number of carbonyl (C=O) groups is 1. The first-order valence-corrected chi connectivity index (χ1v) is 8.59. The number of aliphatic carboxylic acids is 1. The molecular formula is C19H16Cl2FNO3. The quantitative estimate of drug-likeness (QED) is 0.563. The van der Waals surface area contributed by atoms with Crippen LogP contribution in [-0.2, 0) is 4.79 Å². The van der Waals surface area contributed by atoms with E-state index >= 15 is 0 Å². The van der Waals surface area contributed by atoms with Crippen molar-refractivity contribution in [2.24, 2.45) is 0 Å². The molecule has 0 radical (unpaired) electrons. The topological polar surface area (TPSA) is 59.4 Å². The standard InChI is InChI=1S/C17H10Cl2FNO3.C2H6/c18-15-5-9(20)1-3-12(15)14-7-21-17(19)13-6-10(2-4-11(13)14)24-8-16(22)23;1-2/h1-7H,8H2,(H,22,23);1-2H3. The molecule has 1 aromatic heterocycles. The summed E-state index contributed by atoms with van der Waals surface area (Å²) in [6.07, 6.45) is 1.56. The molecule has 1 heterocycles. The average molecular weight is 396 g/mol. The minimum atomic E-state index is -1.08. The number of pyridine rings is 1. The molecule has 136 valence electrons. The van der Waals surface area contributed by atoms with E-state index in [4.69, 9.17) is 33.0 Å². The molecule has 2 aromatic carbocycles. The molecule has 26 heavy (non-hydrogen) atoms. The molecule has 0 saturated heterocycles. The van der Waals surface area contributed by atoms with Gasteiger partial charge in [-0.1, -0.05) is 37.0 Å². The predicted octanol–water partition coefficient (Wildman–Crippen LogP) is 5.84. The van der Waals surface area contributed by atoms with E-state index in [1.807, 2.05) is 13.8 Å². The first-order chi connectivity index (χ1) is 12.5. The summed E-state index contributed by atoms with van der Waals surface area (Å²) in [5, 5.41) is 10.5. The Morgan fingerprint density at radius 1 is 1.12 bits per heavy atom. The van der Waals surface area contributed by atoms with Crippen molar-refractivity contribution in [3.63, 3.8) is 0 Å². The second kappa shape index (κ2) is 8.83. The van der Waals surface area contributed by atoms with Crippen molar-refractivity contribution in [3.05, 3.63) is 58.6 Å². The van der Waals surface area contributed by atoms with Gasteiger partial charge in [-0.15, -0.1) is 0 Å². The van der Waals surface area contributed by atoms with Gasteiger partial charge in [-0.3, -0.25) is 0 Å². The summed E-state index contributed by atoms with van der Waals surface area (Å²) in [4.78, 5) is 14.7. The van der Waals surface area contributed by atoms with Gasteiger partial charge < -0.3 is 9.84 Å². The zero-order valence-electron chi connectivity index (χ0n) is 14.1. The van der Waals surface area contributed by atoms with Crippen LogP contribution in [0.2, 0.25) is 10.2 Å². The molecule has 0 saturated carbocycles. The molecule has 0 amide bonds. The van der Waals surface area contributed by atoms with Crippen molar-refractivity contribution in [2.45, 2.75) is 13.8 Å². The smallest absolute Gasteiger partial charge is 0.341 e. The van der Waals surface area contributed by atoms with Crippen LogP contribution in [0, 0.1) is 5.82 Å². The fourth-order valence-electron chi connectivity index (χ4n) is 2.35. The second-order valence-electron chi connectivity index (χ2n) is 4.98. The van der Waals surface area contributed by atoms with Gasteiger partial charge >= 0.3 is 5.97 Å². The van der Waals surface area contributed by atoms with Crippen LogP contribution in [0.1, 0.15) is 13.8 Å². The fourth-order valence-corrected chi connectivity index (χ4v) is 2.82. The SMILES string of the molecule is CC.O=C(O)COc1ccc2c(-c3ccc(F)cc3Cl)cnc(Cl)c2c1. The zero-order chi connectivity index (χ0) is 19.3. The third-order valence-electron chi connectivity index (χ3n) is 3.39. The van der Waals surface area contributed by atoms with E-state index in [1.54, 1.807) is 30.5 Å². The number of hydrogen-bond acceptors (Lipinski definition) is 3. The van der Waals surface area contributed by atoms with E-state index < -0.39 is 18.4 Å². The fraction of sp³-hybridized carbons (Fsp3) is 0.158. The summed E-state index contributed by atoms with van der Waals surface area (Å²) in [7, 11) is 0. The van der Waals surface area contributed by atoms with Crippen LogP contribution < -0.4 is 4.74 Å². The maximum Gasteiger partial charge on any atom is 0.341 e. The molecule has 7 heteroatoms. The van der Waals surface area contributed by atoms with Crippen molar-refractivity contribution in [2.75, 3.05) is 6.61 Å². The summed E-state index contributed by atoms with van der Waals surface area (Å²) in [6.45, 7) is 3.54. The van der Waals surface area contributed by atoms with E-state index in [-0.39, 0.29) is 10.2 Å². The van der Waals surface area contributed by atoms with Crippen LogP contribution >= 0.6 is 23.2 Å². The molecule has 0 aliphatic carbocycles. The van der Waals surface area contributed by atoms with E-state index in [1.165, 1.54) is 12.1 Å². The van der Waals surface area contributed by atoms with Crippen molar-refractivity contribution >= 4 is 39.9 Å².